The van der Waals surface area contributed by atoms with Gasteiger partial charge in [-0.3, -0.25) is 0 Å². The molecule has 2 nitrogen and oxygen atoms in total. The molecule has 0 bridgehead atoms. The van der Waals surface area contributed by atoms with Crippen molar-refractivity contribution < 1.29 is 11.2 Å². The molecule has 55 valence electrons. The van der Waals surface area contributed by atoms with Crippen molar-refractivity contribution in [2.75, 3.05) is 0 Å². The number of nitrogens with zero attached hydrogens (tertiary/aromatic N) is 1. The molecular weight excluding hydrogens is 226 g/mol. The van der Waals surface area contributed by atoms with Crippen LogP contribution in [0.5, 0.6) is 0 Å². The molecule has 9 heavy (non-hydrogen) atoms. The van der Waals surface area contributed by atoms with Crippen molar-refractivity contribution in [2.24, 2.45) is 0 Å². The predicted molar refractivity (Wildman–Crippen MR) is 36.1 cm³/mol. The smallest absolute Gasteiger partial charge is 0.0919 e. The Labute approximate surface area is 70.1 Å². The minimum Gasteiger partial charge on any atom is -0.351 e. The van der Waals surface area contributed by atoms with Crippen LogP contribution in [-0.4, -0.2) is 9.97 Å². The molecule has 0 fully saturated rings. The van der Waals surface area contributed by atoms with Crippen molar-refractivity contribution in [2.45, 2.75) is 0 Å². The number of hydrogen-bond acceptors (Lipinski definition) is 1. The molecule has 0 aliphatic rings. The molecule has 0 unspecified atom stereocenters. The third-order valence-corrected chi connectivity index (χ3v) is 0.406. The summed E-state index contributed by atoms with van der Waals surface area (Å²) >= 11 is -1.33. The maximum absolute atomic E-state index is 4.89. The SMILES string of the molecule is [Cl][Fe]([Cl])[Cl].c1c[nH]cn1. The molecule has 0 aliphatic heterocycles. The van der Waals surface area contributed by atoms with Crippen LogP contribution >= 0.6 is 30.3 Å². The molecule has 6 heteroatoms. The summed E-state index contributed by atoms with van der Waals surface area (Å²) < 4.78 is 0. The molecule has 0 amide bonds. The van der Waals surface area contributed by atoms with Gasteiger partial charge in [-0.25, -0.2) is 4.98 Å². The van der Waals surface area contributed by atoms with E-state index in [1.807, 2.05) is 0 Å². The summed E-state index contributed by atoms with van der Waals surface area (Å²) in [6, 6.07) is 0. The molecular formula is C3H4Cl3FeN2. The zero-order valence-corrected chi connectivity index (χ0v) is 7.54. The van der Waals surface area contributed by atoms with Gasteiger partial charge in [0.25, 0.3) is 0 Å². The van der Waals surface area contributed by atoms with E-state index < -0.39 is 11.2 Å². The topological polar surface area (TPSA) is 28.7 Å². The summed E-state index contributed by atoms with van der Waals surface area (Å²) in [5.74, 6) is 0. The quantitative estimate of drug-likeness (QED) is 0.681. The van der Waals surface area contributed by atoms with Crippen molar-refractivity contribution in [3.8, 4) is 0 Å². The second kappa shape index (κ2) is 6.72. The first-order valence-corrected chi connectivity index (χ1v) is 6.39. The van der Waals surface area contributed by atoms with Crippen molar-refractivity contribution >= 4 is 30.3 Å². The molecule has 0 saturated heterocycles. The number of aromatic nitrogens is 2. The number of halogens is 3. The second-order valence-corrected chi connectivity index (χ2v) is 6.38. The monoisotopic (exact) mass is 229 g/mol. The fraction of sp³-hybridized carbons (Fsp3) is 0. The van der Waals surface area contributed by atoms with E-state index in [0.717, 1.165) is 0 Å². The molecule has 0 saturated carbocycles. The number of hydrogen-bond donors (Lipinski definition) is 1. The number of aromatic amines is 1. The second-order valence-electron chi connectivity index (χ2n) is 0.912. The zero-order chi connectivity index (χ0) is 7.11. The molecule has 0 atom stereocenters. The minimum absolute atomic E-state index is 1.33. The summed E-state index contributed by atoms with van der Waals surface area (Å²) in [7, 11) is 14.7. The van der Waals surface area contributed by atoms with E-state index in [9.17, 15) is 0 Å². The molecule has 1 rings (SSSR count). The first-order valence-electron chi connectivity index (χ1n) is 1.83. The van der Waals surface area contributed by atoms with Crippen LogP contribution in [0.25, 0.3) is 0 Å². The van der Waals surface area contributed by atoms with Crippen LogP contribution in [0.15, 0.2) is 18.7 Å². The first kappa shape index (κ1) is 9.60. The maximum atomic E-state index is 4.89. The molecule has 0 aliphatic carbocycles. The van der Waals surface area contributed by atoms with E-state index in [1.165, 1.54) is 0 Å². The van der Waals surface area contributed by atoms with Gasteiger partial charge < -0.3 is 4.98 Å². The van der Waals surface area contributed by atoms with Crippen LogP contribution in [0.3, 0.4) is 0 Å². The summed E-state index contributed by atoms with van der Waals surface area (Å²) in [6.45, 7) is 0. The molecule has 0 aromatic carbocycles. The van der Waals surface area contributed by atoms with Crippen LogP contribution < -0.4 is 0 Å². The van der Waals surface area contributed by atoms with Crippen LogP contribution in [0.2, 0.25) is 0 Å². The Morgan fingerprint density at radius 3 is 2.00 bits per heavy atom. The molecule has 0 radical (unpaired) electrons. The van der Waals surface area contributed by atoms with Gasteiger partial charge >= 0.3 is 41.5 Å². The van der Waals surface area contributed by atoms with Crippen LogP contribution in [0, 0.1) is 0 Å². The van der Waals surface area contributed by atoms with Crippen molar-refractivity contribution in [1.29, 1.82) is 0 Å². The Balaban J connectivity index is 0.000000148. The van der Waals surface area contributed by atoms with Crippen molar-refractivity contribution in [1.82, 2.24) is 9.97 Å². The standard InChI is InChI=1S/C3H4N2.3ClH.Fe/c1-2-5-3-4-1;;;;/h1-3H,(H,4,5);3*1H;/q;;;;+3/p-3. The van der Waals surface area contributed by atoms with E-state index in [0.29, 0.717) is 0 Å². The molecule has 1 aromatic rings. The van der Waals surface area contributed by atoms with Crippen molar-refractivity contribution in [3.05, 3.63) is 18.7 Å². The predicted octanol–water partition coefficient (Wildman–Crippen LogP) is 2.48. The van der Waals surface area contributed by atoms with E-state index in [4.69, 9.17) is 30.3 Å². The Morgan fingerprint density at radius 1 is 1.33 bits per heavy atom. The molecule has 1 N–H and O–H groups in total. The average Bonchev–Trinajstić information content (AvgIpc) is 2.11. The van der Waals surface area contributed by atoms with E-state index >= 15 is 0 Å². The van der Waals surface area contributed by atoms with Gasteiger partial charge in [0.2, 0.25) is 0 Å². The van der Waals surface area contributed by atoms with Gasteiger partial charge in [0.05, 0.1) is 6.33 Å². The summed E-state index contributed by atoms with van der Waals surface area (Å²) in [5, 5.41) is 0. The number of H-pyrrole nitrogens is 1. The Hall–Kier alpha value is 0.599. The molecule has 1 aromatic heterocycles. The Kier molecular flexibility index (Phi) is 7.16. The first-order chi connectivity index (χ1) is 4.23. The van der Waals surface area contributed by atoms with Crippen LogP contribution in [0.1, 0.15) is 0 Å². The normalized spacial score (nSPS) is 9.44. The van der Waals surface area contributed by atoms with Gasteiger partial charge in [-0.05, 0) is 0 Å². The van der Waals surface area contributed by atoms with Gasteiger partial charge in [0.15, 0.2) is 0 Å². The summed E-state index contributed by atoms with van der Waals surface area (Å²) in [4.78, 5) is 6.42. The number of nitrogens with one attached hydrogen (secondary N) is 1. The Morgan fingerprint density at radius 2 is 1.89 bits per heavy atom. The van der Waals surface area contributed by atoms with Gasteiger partial charge in [-0.2, -0.15) is 0 Å². The van der Waals surface area contributed by atoms with Crippen LogP contribution in [0.4, 0.5) is 0 Å². The summed E-state index contributed by atoms with van der Waals surface area (Å²) in [5.41, 5.74) is 0. The van der Waals surface area contributed by atoms with E-state index in [2.05, 4.69) is 9.97 Å². The van der Waals surface area contributed by atoms with E-state index in [-0.39, 0.29) is 0 Å². The number of rotatable bonds is 0. The Bertz CT molecular complexity index is 101. The minimum atomic E-state index is -1.33. The molecule has 1 heterocycles. The van der Waals surface area contributed by atoms with Crippen LogP contribution in [-0.2, 0) is 11.2 Å². The van der Waals surface area contributed by atoms with Gasteiger partial charge in [0.1, 0.15) is 0 Å². The fourth-order valence-electron chi connectivity index (χ4n) is 0.215. The molecule has 0 spiro atoms. The van der Waals surface area contributed by atoms with Gasteiger partial charge in [-0.1, -0.05) is 0 Å². The average molecular weight is 230 g/mol. The largest absolute Gasteiger partial charge is 0.351 e. The van der Waals surface area contributed by atoms with Gasteiger partial charge in [-0.15, -0.1) is 0 Å². The third-order valence-electron chi connectivity index (χ3n) is 0.406. The number of imidazole rings is 1. The zero-order valence-electron chi connectivity index (χ0n) is 4.17. The van der Waals surface area contributed by atoms with Crippen molar-refractivity contribution in [3.63, 3.8) is 0 Å². The van der Waals surface area contributed by atoms with E-state index in [1.54, 1.807) is 18.7 Å². The maximum Gasteiger partial charge on any atom is 0.0919 e. The van der Waals surface area contributed by atoms with Gasteiger partial charge in [0, 0.05) is 12.4 Å². The summed E-state index contributed by atoms with van der Waals surface area (Å²) in [6.07, 6.45) is 5.08. The fourth-order valence-corrected chi connectivity index (χ4v) is 0.215. The third kappa shape index (κ3) is 11.9.